The lowest BCUT2D eigenvalue weighted by molar-refractivity contribution is -0.129. The summed E-state index contributed by atoms with van der Waals surface area (Å²) in [6.45, 7) is 8.88. The molecule has 0 spiro atoms. The van der Waals surface area contributed by atoms with E-state index in [2.05, 4.69) is 52.0 Å². The molecule has 0 N–H and O–H groups in total. The van der Waals surface area contributed by atoms with Crippen molar-refractivity contribution in [2.75, 3.05) is 0 Å². The number of Topliss-reactive ketones (excluding diaryl/α,β-unsaturated/α-hetero) is 1. The third kappa shape index (κ3) is 3.26. The van der Waals surface area contributed by atoms with Crippen LogP contribution in [-0.2, 0) is 11.2 Å². The highest BCUT2D eigenvalue weighted by atomic mass is 16.1. The fraction of sp³-hybridized carbons (Fsp3) is 0.611. The number of ketones is 1. The highest BCUT2D eigenvalue weighted by molar-refractivity contribution is 5.82. The first-order chi connectivity index (χ1) is 8.90. The second-order valence-corrected chi connectivity index (χ2v) is 7.00. The van der Waals surface area contributed by atoms with Crippen LogP contribution in [-0.4, -0.2) is 5.78 Å². The largest absolute Gasteiger partial charge is 0.299 e. The Hall–Kier alpha value is -1.11. The van der Waals surface area contributed by atoms with Gasteiger partial charge in [0.05, 0.1) is 0 Å². The van der Waals surface area contributed by atoms with Crippen molar-refractivity contribution in [1.82, 2.24) is 0 Å². The maximum absolute atomic E-state index is 12.3. The van der Waals surface area contributed by atoms with Gasteiger partial charge < -0.3 is 0 Å². The predicted molar refractivity (Wildman–Crippen MR) is 80.2 cm³/mol. The van der Waals surface area contributed by atoms with Gasteiger partial charge in [0.25, 0.3) is 0 Å². The molecule has 1 nitrogen and oxygen atoms in total. The van der Waals surface area contributed by atoms with Crippen molar-refractivity contribution in [3.63, 3.8) is 0 Å². The summed E-state index contributed by atoms with van der Waals surface area (Å²) in [6, 6.07) is 8.55. The summed E-state index contributed by atoms with van der Waals surface area (Å²) in [4.78, 5) is 12.3. The van der Waals surface area contributed by atoms with E-state index >= 15 is 0 Å². The van der Waals surface area contributed by atoms with Crippen molar-refractivity contribution in [3.05, 3.63) is 35.4 Å². The van der Waals surface area contributed by atoms with E-state index in [0.29, 0.717) is 11.7 Å². The van der Waals surface area contributed by atoms with Gasteiger partial charge in [0.1, 0.15) is 5.78 Å². The molecule has 0 heterocycles. The van der Waals surface area contributed by atoms with E-state index in [1.807, 2.05) is 0 Å². The summed E-state index contributed by atoms with van der Waals surface area (Å²) in [6.07, 6.45) is 4.05. The molecule has 0 saturated heterocycles. The lowest BCUT2D eigenvalue weighted by atomic mass is 9.66. The van der Waals surface area contributed by atoms with Gasteiger partial charge in [-0.15, -0.1) is 0 Å². The molecule has 0 radical (unpaired) electrons. The van der Waals surface area contributed by atoms with Gasteiger partial charge in [-0.05, 0) is 48.6 Å². The Morgan fingerprint density at radius 3 is 2.53 bits per heavy atom. The molecule has 2 atom stereocenters. The van der Waals surface area contributed by atoms with Gasteiger partial charge in [0.15, 0.2) is 0 Å². The number of benzene rings is 1. The highest BCUT2D eigenvalue weighted by Gasteiger charge is 2.38. The monoisotopic (exact) mass is 258 g/mol. The minimum Gasteiger partial charge on any atom is -0.299 e. The maximum atomic E-state index is 12.3. The van der Waals surface area contributed by atoms with E-state index in [1.165, 1.54) is 17.5 Å². The Balaban J connectivity index is 2.14. The fourth-order valence-electron chi connectivity index (χ4n) is 3.45. The number of hydrogen-bond donors (Lipinski definition) is 0. The fourth-order valence-corrected chi connectivity index (χ4v) is 3.45. The van der Waals surface area contributed by atoms with Crippen LogP contribution in [0.4, 0.5) is 0 Å². The summed E-state index contributed by atoms with van der Waals surface area (Å²) >= 11 is 0. The van der Waals surface area contributed by atoms with E-state index in [0.717, 1.165) is 19.3 Å². The van der Waals surface area contributed by atoms with Gasteiger partial charge in [-0.1, -0.05) is 45.0 Å². The second-order valence-electron chi connectivity index (χ2n) is 7.00. The smallest absolute Gasteiger partial charge is 0.136 e. The summed E-state index contributed by atoms with van der Waals surface area (Å²) in [5.41, 5.74) is 2.80. The molecule has 1 aromatic carbocycles. The number of hydrogen-bond acceptors (Lipinski definition) is 1. The molecule has 1 aliphatic rings. The molecule has 2 rings (SSSR count). The summed E-state index contributed by atoms with van der Waals surface area (Å²) in [5.74, 6) is 1.30. The third-order valence-electron chi connectivity index (χ3n) is 4.74. The Kier molecular flexibility index (Phi) is 4.13. The van der Waals surface area contributed by atoms with Crippen molar-refractivity contribution in [2.45, 2.75) is 53.4 Å². The lowest BCUT2D eigenvalue weighted by Gasteiger charge is -2.38. The molecule has 0 aromatic heterocycles. The van der Waals surface area contributed by atoms with E-state index in [9.17, 15) is 4.79 Å². The van der Waals surface area contributed by atoms with Gasteiger partial charge in [-0.25, -0.2) is 0 Å². The topological polar surface area (TPSA) is 17.1 Å². The van der Waals surface area contributed by atoms with Crippen LogP contribution >= 0.6 is 0 Å². The molecule has 1 aliphatic carbocycles. The van der Waals surface area contributed by atoms with Crippen LogP contribution in [0.3, 0.4) is 0 Å². The Morgan fingerprint density at radius 2 is 1.89 bits per heavy atom. The molecule has 104 valence electrons. The summed E-state index contributed by atoms with van der Waals surface area (Å²) in [7, 11) is 0. The van der Waals surface area contributed by atoms with Crippen molar-refractivity contribution in [2.24, 2.45) is 17.3 Å². The maximum Gasteiger partial charge on any atom is 0.136 e. The van der Waals surface area contributed by atoms with Crippen LogP contribution in [0.25, 0.3) is 0 Å². The normalized spacial score (nSPS) is 24.5. The first kappa shape index (κ1) is 14.3. The van der Waals surface area contributed by atoms with Crippen molar-refractivity contribution in [3.8, 4) is 0 Å². The lowest BCUT2D eigenvalue weighted by Crippen LogP contribution is -2.37. The summed E-state index contributed by atoms with van der Waals surface area (Å²) in [5, 5.41) is 0. The zero-order valence-electron chi connectivity index (χ0n) is 12.7. The van der Waals surface area contributed by atoms with E-state index in [1.54, 1.807) is 0 Å². The van der Waals surface area contributed by atoms with Gasteiger partial charge in [-0.3, -0.25) is 4.79 Å². The number of rotatable bonds is 3. The van der Waals surface area contributed by atoms with Crippen LogP contribution in [0.15, 0.2) is 24.3 Å². The molecule has 1 saturated carbocycles. The van der Waals surface area contributed by atoms with E-state index in [4.69, 9.17) is 0 Å². The van der Waals surface area contributed by atoms with Gasteiger partial charge in [-0.2, -0.15) is 0 Å². The highest BCUT2D eigenvalue weighted by Crippen LogP contribution is 2.40. The SMILES string of the molecule is Cc1ccccc1CC(C)(C)C1CCC(C)CC1=O. The van der Waals surface area contributed by atoms with E-state index < -0.39 is 0 Å². The molecule has 1 heteroatoms. The minimum atomic E-state index is 0.0728. The van der Waals surface area contributed by atoms with Gasteiger partial charge >= 0.3 is 0 Å². The Labute approximate surface area is 117 Å². The quantitative estimate of drug-likeness (QED) is 0.776. The van der Waals surface area contributed by atoms with Crippen molar-refractivity contribution >= 4 is 5.78 Å². The van der Waals surface area contributed by atoms with Crippen molar-refractivity contribution in [1.29, 1.82) is 0 Å². The first-order valence-electron chi connectivity index (χ1n) is 7.47. The molecule has 0 aliphatic heterocycles. The Bertz CT molecular complexity index is 459. The van der Waals surface area contributed by atoms with Crippen LogP contribution in [0, 0.1) is 24.2 Å². The molecule has 0 bridgehead atoms. The predicted octanol–water partition coefficient (Wildman–Crippen LogP) is 4.57. The van der Waals surface area contributed by atoms with Crippen molar-refractivity contribution < 1.29 is 4.79 Å². The zero-order valence-corrected chi connectivity index (χ0v) is 12.7. The third-order valence-corrected chi connectivity index (χ3v) is 4.74. The van der Waals surface area contributed by atoms with Gasteiger partial charge in [0, 0.05) is 12.3 Å². The minimum absolute atomic E-state index is 0.0728. The van der Waals surface area contributed by atoms with Crippen LogP contribution in [0.5, 0.6) is 0 Å². The molecule has 1 aromatic rings. The average molecular weight is 258 g/mol. The molecule has 2 unspecified atom stereocenters. The first-order valence-corrected chi connectivity index (χ1v) is 7.47. The average Bonchev–Trinajstić information content (AvgIpc) is 2.31. The number of carbonyl (C=O) groups excluding carboxylic acids is 1. The molecular formula is C18H26O. The molecule has 1 fully saturated rings. The molecule has 19 heavy (non-hydrogen) atoms. The van der Waals surface area contributed by atoms with E-state index in [-0.39, 0.29) is 11.3 Å². The van der Waals surface area contributed by atoms with Crippen LogP contribution < -0.4 is 0 Å². The number of aryl methyl sites for hydroxylation is 1. The van der Waals surface area contributed by atoms with Crippen LogP contribution in [0.1, 0.15) is 51.2 Å². The summed E-state index contributed by atoms with van der Waals surface area (Å²) < 4.78 is 0. The second kappa shape index (κ2) is 5.48. The van der Waals surface area contributed by atoms with Crippen LogP contribution in [0.2, 0.25) is 0 Å². The number of carbonyl (C=O) groups is 1. The Morgan fingerprint density at radius 1 is 1.21 bits per heavy atom. The van der Waals surface area contributed by atoms with Gasteiger partial charge in [0.2, 0.25) is 0 Å². The molecule has 0 amide bonds. The molecular weight excluding hydrogens is 232 g/mol. The zero-order chi connectivity index (χ0) is 14.0. The standard InChI is InChI=1S/C18H26O/c1-13-9-10-16(17(19)11-13)18(3,4)12-15-8-6-5-7-14(15)2/h5-8,13,16H,9-12H2,1-4H3.